The minimum absolute atomic E-state index is 0.236. The number of anilines is 2. The molecule has 5 heteroatoms. The first-order valence-corrected chi connectivity index (χ1v) is 6.36. The molecular weight excluding hydrogens is 257 g/mol. The van der Waals surface area contributed by atoms with Gasteiger partial charge in [-0.2, -0.15) is 0 Å². The highest BCUT2D eigenvalue weighted by molar-refractivity contribution is 6.08. The van der Waals surface area contributed by atoms with E-state index in [0.717, 1.165) is 0 Å². The predicted molar refractivity (Wildman–Crippen MR) is 77.5 cm³/mol. The van der Waals surface area contributed by atoms with Crippen LogP contribution in [0.1, 0.15) is 17.3 Å². The van der Waals surface area contributed by atoms with Crippen molar-refractivity contribution in [3.63, 3.8) is 0 Å². The molecule has 0 bridgehead atoms. The van der Waals surface area contributed by atoms with Gasteiger partial charge in [0.2, 0.25) is 0 Å². The number of nitrogens with zero attached hydrogens (tertiary/aromatic N) is 2. The van der Waals surface area contributed by atoms with Gasteiger partial charge in [0.05, 0.1) is 5.56 Å². The summed E-state index contributed by atoms with van der Waals surface area (Å²) in [7, 11) is 1.61. The molecule has 0 fully saturated rings. The zero-order chi connectivity index (χ0) is 14.5. The summed E-state index contributed by atoms with van der Waals surface area (Å²) in [5.74, 6) is -0.0804. The van der Waals surface area contributed by atoms with Crippen molar-refractivity contribution < 1.29 is 9.18 Å². The summed E-state index contributed by atoms with van der Waals surface area (Å²) < 4.78 is 13.2. The molecular formula is C15H16FN3O. The summed E-state index contributed by atoms with van der Waals surface area (Å²) in [6.07, 6.45) is 1.62. The molecule has 0 saturated heterocycles. The minimum Gasteiger partial charge on any atom is -0.370 e. The van der Waals surface area contributed by atoms with Crippen molar-refractivity contribution in [2.24, 2.45) is 0 Å². The third-order valence-corrected chi connectivity index (χ3v) is 2.88. The molecule has 1 aromatic heterocycles. The van der Waals surface area contributed by atoms with Gasteiger partial charge in [0.1, 0.15) is 11.6 Å². The van der Waals surface area contributed by atoms with Crippen molar-refractivity contribution in [1.82, 2.24) is 4.98 Å². The Hall–Kier alpha value is -2.43. The van der Waals surface area contributed by atoms with Gasteiger partial charge in [0, 0.05) is 25.5 Å². The van der Waals surface area contributed by atoms with Gasteiger partial charge in [0.25, 0.3) is 5.91 Å². The first kappa shape index (κ1) is 14.0. The summed E-state index contributed by atoms with van der Waals surface area (Å²) in [6.45, 7) is 2.60. The smallest absolute Gasteiger partial charge is 0.261 e. The fourth-order valence-electron chi connectivity index (χ4n) is 1.87. The van der Waals surface area contributed by atoms with E-state index < -0.39 is 0 Å². The summed E-state index contributed by atoms with van der Waals surface area (Å²) in [4.78, 5) is 18.0. The normalized spacial score (nSPS) is 10.2. The van der Waals surface area contributed by atoms with Gasteiger partial charge in [-0.3, -0.25) is 4.79 Å². The molecule has 1 heterocycles. The number of halogens is 1. The van der Waals surface area contributed by atoms with E-state index in [4.69, 9.17) is 0 Å². The highest BCUT2D eigenvalue weighted by atomic mass is 19.1. The molecule has 0 atom stereocenters. The van der Waals surface area contributed by atoms with Crippen LogP contribution in [0.15, 0.2) is 42.6 Å². The third-order valence-electron chi connectivity index (χ3n) is 2.88. The van der Waals surface area contributed by atoms with Crippen LogP contribution in [0.3, 0.4) is 0 Å². The first-order valence-electron chi connectivity index (χ1n) is 6.36. The van der Waals surface area contributed by atoms with Gasteiger partial charge in [-0.05, 0) is 37.3 Å². The lowest BCUT2D eigenvalue weighted by molar-refractivity contribution is 0.0993. The Morgan fingerprint density at radius 3 is 2.85 bits per heavy atom. The second kappa shape index (κ2) is 6.14. The standard InChI is InChI=1S/C15H16FN3O/c1-3-17-14-13(8-5-9-18-14)15(20)19(2)12-7-4-6-11(16)10-12/h4-10H,3H2,1-2H3,(H,17,18). The van der Waals surface area contributed by atoms with Gasteiger partial charge in [-0.1, -0.05) is 6.07 Å². The molecule has 0 aliphatic carbocycles. The molecule has 0 unspecified atom stereocenters. The van der Waals surface area contributed by atoms with Crippen LogP contribution in [-0.4, -0.2) is 24.5 Å². The number of nitrogens with one attached hydrogen (secondary N) is 1. The van der Waals surface area contributed by atoms with Crippen molar-refractivity contribution in [1.29, 1.82) is 0 Å². The number of carbonyl (C=O) groups is 1. The van der Waals surface area contributed by atoms with Crippen LogP contribution in [0.4, 0.5) is 15.9 Å². The van der Waals surface area contributed by atoms with Crippen LogP contribution in [-0.2, 0) is 0 Å². The molecule has 1 N–H and O–H groups in total. The summed E-state index contributed by atoms with van der Waals surface area (Å²) in [5.41, 5.74) is 0.961. The molecule has 0 aliphatic rings. The zero-order valence-electron chi connectivity index (χ0n) is 11.4. The lowest BCUT2D eigenvalue weighted by Crippen LogP contribution is -2.27. The van der Waals surface area contributed by atoms with Crippen LogP contribution >= 0.6 is 0 Å². The van der Waals surface area contributed by atoms with E-state index in [1.807, 2.05) is 6.92 Å². The van der Waals surface area contributed by atoms with Crippen LogP contribution in [0.5, 0.6) is 0 Å². The molecule has 2 aromatic rings. The van der Waals surface area contributed by atoms with E-state index in [0.29, 0.717) is 23.6 Å². The average molecular weight is 273 g/mol. The highest BCUT2D eigenvalue weighted by Gasteiger charge is 2.17. The average Bonchev–Trinajstić information content (AvgIpc) is 2.47. The van der Waals surface area contributed by atoms with E-state index in [1.54, 1.807) is 37.5 Å². The van der Waals surface area contributed by atoms with Crippen molar-refractivity contribution >= 4 is 17.4 Å². The Morgan fingerprint density at radius 1 is 1.35 bits per heavy atom. The number of hydrogen-bond donors (Lipinski definition) is 1. The van der Waals surface area contributed by atoms with Gasteiger partial charge in [-0.25, -0.2) is 9.37 Å². The van der Waals surface area contributed by atoms with Crippen LogP contribution in [0, 0.1) is 5.82 Å². The number of amides is 1. The van der Waals surface area contributed by atoms with Gasteiger partial charge >= 0.3 is 0 Å². The molecule has 0 spiro atoms. The Labute approximate surface area is 117 Å². The van der Waals surface area contributed by atoms with Gasteiger partial charge in [-0.15, -0.1) is 0 Å². The van der Waals surface area contributed by atoms with E-state index in [9.17, 15) is 9.18 Å². The fourth-order valence-corrected chi connectivity index (χ4v) is 1.87. The van der Waals surface area contributed by atoms with Gasteiger partial charge in [0.15, 0.2) is 0 Å². The molecule has 4 nitrogen and oxygen atoms in total. The molecule has 1 aromatic carbocycles. The molecule has 104 valence electrons. The number of carbonyl (C=O) groups excluding carboxylic acids is 1. The van der Waals surface area contributed by atoms with Crippen LogP contribution in [0.25, 0.3) is 0 Å². The van der Waals surface area contributed by atoms with E-state index in [-0.39, 0.29) is 11.7 Å². The van der Waals surface area contributed by atoms with E-state index in [1.165, 1.54) is 17.0 Å². The summed E-state index contributed by atoms with van der Waals surface area (Å²) in [6, 6.07) is 9.32. The van der Waals surface area contributed by atoms with E-state index in [2.05, 4.69) is 10.3 Å². The van der Waals surface area contributed by atoms with Crippen LogP contribution in [0.2, 0.25) is 0 Å². The Kier molecular flexibility index (Phi) is 4.30. The van der Waals surface area contributed by atoms with Crippen molar-refractivity contribution in [3.8, 4) is 0 Å². The molecule has 20 heavy (non-hydrogen) atoms. The van der Waals surface area contributed by atoms with Gasteiger partial charge < -0.3 is 10.2 Å². The molecule has 0 saturated carbocycles. The third kappa shape index (κ3) is 2.93. The Morgan fingerprint density at radius 2 is 2.15 bits per heavy atom. The predicted octanol–water partition coefficient (Wildman–Crippen LogP) is 2.93. The SMILES string of the molecule is CCNc1ncccc1C(=O)N(C)c1cccc(F)c1. The number of rotatable bonds is 4. The maximum atomic E-state index is 13.2. The van der Waals surface area contributed by atoms with Crippen molar-refractivity contribution in [3.05, 3.63) is 54.0 Å². The van der Waals surface area contributed by atoms with Crippen molar-refractivity contribution in [2.75, 3.05) is 23.8 Å². The molecule has 2 rings (SSSR count). The minimum atomic E-state index is -0.375. The molecule has 0 aliphatic heterocycles. The largest absolute Gasteiger partial charge is 0.370 e. The zero-order valence-corrected chi connectivity index (χ0v) is 11.4. The number of pyridine rings is 1. The molecule has 1 amide bonds. The summed E-state index contributed by atoms with van der Waals surface area (Å²) >= 11 is 0. The number of benzene rings is 1. The summed E-state index contributed by atoms with van der Waals surface area (Å²) in [5, 5.41) is 3.04. The molecule has 0 radical (unpaired) electrons. The van der Waals surface area contributed by atoms with Crippen LogP contribution < -0.4 is 10.2 Å². The lowest BCUT2D eigenvalue weighted by atomic mass is 10.2. The Bertz CT molecular complexity index is 616. The second-order valence-electron chi connectivity index (χ2n) is 4.27. The number of aromatic nitrogens is 1. The van der Waals surface area contributed by atoms with E-state index >= 15 is 0 Å². The second-order valence-corrected chi connectivity index (χ2v) is 4.27. The first-order chi connectivity index (χ1) is 9.63. The topological polar surface area (TPSA) is 45.2 Å². The fraction of sp³-hybridized carbons (Fsp3) is 0.200. The number of hydrogen-bond acceptors (Lipinski definition) is 3. The quantitative estimate of drug-likeness (QED) is 0.931. The maximum absolute atomic E-state index is 13.2. The Balaban J connectivity index is 2.31. The maximum Gasteiger partial charge on any atom is 0.261 e. The lowest BCUT2D eigenvalue weighted by Gasteiger charge is -2.19. The highest BCUT2D eigenvalue weighted by Crippen LogP contribution is 2.19. The van der Waals surface area contributed by atoms with Crippen molar-refractivity contribution in [2.45, 2.75) is 6.92 Å². The monoisotopic (exact) mass is 273 g/mol.